The fraction of sp³-hybridized carbons (Fsp3) is 0.833. The van der Waals surface area contributed by atoms with Crippen molar-refractivity contribution in [3.05, 3.63) is 6.92 Å². The van der Waals surface area contributed by atoms with Crippen LogP contribution < -0.4 is 37.7 Å². The summed E-state index contributed by atoms with van der Waals surface area (Å²) < 4.78 is 31.6. The molecule has 0 rings (SSSR count). The Kier molecular flexibility index (Phi) is 27.8. The second-order valence-electron chi connectivity index (χ2n) is 1.63. The van der Waals surface area contributed by atoms with Crippen LogP contribution in [-0.4, -0.2) is 17.9 Å². The van der Waals surface area contributed by atoms with Crippen LogP contribution in [0.1, 0.15) is 21.2 Å². The summed E-state index contributed by atoms with van der Waals surface area (Å²) in [6.07, 6.45) is -2.12. The molecule has 6 heteroatoms. The van der Waals surface area contributed by atoms with Gasteiger partial charge in [-0.25, -0.2) is 0 Å². The van der Waals surface area contributed by atoms with Gasteiger partial charge in [-0.3, -0.25) is 0 Å². The van der Waals surface area contributed by atoms with Crippen LogP contribution in [0.4, 0.5) is 13.2 Å². The minimum absolute atomic E-state index is 0. The molecular formula is C6H13F3Li2O. The van der Waals surface area contributed by atoms with Gasteiger partial charge in [0, 0.05) is 0 Å². The zero-order valence-electron chi connectivity index (χ0n) is 8.91. The Bertz CT molecular complexity index is 71.4. The van der Waals surface area contributed by atoms with Gasteiger partial charge in [0.1, 0.15) is 6.61 Å². The molecule has 0 unspecified atom stereocenters. The average Bonchev–Trinajstić information content (AvgIpc) is 1.87. The van der Waals surface area contributed by atoms with Crippen LogP contribution in [0.5, 0.6) is 0 Å². The summed E-state index contributed by atoms with van der Waals surface area (Å²) in [6, 6.07) is 0. The predicted molar refractivity (Wildman–Crippen MR) is 34.5 cm³/mol. The Balaban J connectivity index is -0.0000000279. The first-order valence-corrected chi connectivity index (χ1v) is 2.94. The van der Waals surface area contributed by atoms with Gasteiger partial charge in [0.25, 0.3) is 0 Å². The molecule has 0 heterocycles. The standard InChI is InChI=1S/C4H9.C2H3F3O.2Li.H/c1-3-4-2;3-2(4,5)1-6;;;/h1,3-4H2,2H3;6H,1H2;;;/q-1;;2*+1;-1. The molecule has 0 spiro atoms. The first-order chi connectivity index (χ1) is 4.47. The van der Waals surface area contributed by atoms with E-state index in [2.05, 4.69) is 13.8 Å². The summed E-state index contributed by atoms with van der Waals surface area (Å²) in [5.74, 6) is 0. The number of aliphatic hydroxyl groups excluding tert-OH is 1. The predicted octanol–water partition coefficient (Wildman–Crippen LogP) is -3.72. The Labute approximate surface area is 96.9 Å². The maximum Gasteiger partial charge on any atom is 1.00 e. The quantitative estimate of drug-likeness (QED) is 0.318. The maximum absolute atomic E-state index is 10.5. The van der Waals surface area contributed by atoms with Crippen molar-refractivity contribution in [3.63, 3.8) is 0 Å². The van der Waals surface area contributed by atoms with Crippen molar-refractivity contribution in [1.82, 2.24) is 0 Å². The molecule has 0 bridgehead atoms. The largest absolute Gasteiger partial charge is 1.00 e. The van der Waals surface area contributed by atoms with Gasteiger partial charge in [0.05, 0.1) is 0 Å². The summed E-state index contributed by atoms with van der Waals surface area (Å²) in [5, 5.41) is 7.28. The minimum atomic E-state index is -4.40. The van der Waals surface area contributed by atoms with Crippen molar-refractivity contribution >= 4 is 0 Å². The van der Waals surface area contributed by atoms with Gasteiger partial charge in [0.2, 0.25) is 0 Å². The van der Waals surface area contributed by atoms with E-state index >= 15 is 0 Å². The second kappa shape index (κ2) is 14.5. The molecule has 0 aliphatic heterocycles. The molecular weight excluding hydrogens is 159 g/mol. The Morgan fingerprint density at radius 1 is 1.33 bits per heavy atom. The number of aliphatic hydroxyl groups is 1. The fourth-order valence-electron chi connectivity index (χ4n) is 0. The van der Waals surface area contributed by atoms with Crippen molar-refractivity contribution in [3.8, 4) is 0 Å². The van der Waals surface area contributed by atoms with Crippen LogP contribution in [-0.2, 0) is 0 Å². The molecule has 0 saturated heterocycles. The van der Waals surface area contributed by atoms with Gasteiger partial charge < -0.3 is 13.5 Å². The number of alkyl halides is 3. The third-order valence-electron chi connectivity index (χ3n) is 0.533. The summed E-state index contributed by atoms with van der Waals surface area (Å²) in [4.78, 5) is 0. The van der Waals surface area contributed by atoms with E-state index in [0.29, 0.717) is 0 Å². The molecule has 1 nitrogen and oxygen atoms in total. The van der Waals surface area contributed by atoms with Crippen molar-refractivity contribution in [1.29, 1.82) is 0 Å². The maximum atomic E-state index is 10.5. The number of hydrogen-bond acceptors (Lipinski definition) is 1. The number of halogens is 3. The van der Waals surface area contributed by atoms with Crippen molar-refractivity contribution in [2.45, 2.75) is 25.9 Å². The smallest absolute Gasteiger partial charge is 1.00 e. The van der Waals surface area contributed by atoms with Gasteiger partial charge in [-0.15, -0.1) is 0 Å². The van der Waals surface area contributed by atoms with Crippen molar-refractivity contribution in [2.75, 3.05) is 6.61 Å². The summed E-state index contributed by atoms with van der Waals surface area (Å²) in [7, 11) is 0. The Hall–Kier alpha value is 0.945. The number of rotatable bonds is 1. The van der Waals surface area contributed by atoms with Crippen LogP contribution in [0, 0.1) is 6.92 Å². The van der Waals surface area contributed by atoms with Crippen LogP contribution >= 0.6 is 0 Å². The number of hydrogen-bond donors (Lipinski definition) is 1. The molecule has 12 heavy (non-hydrogen) atoms. The van der Waals surface area contributed by atoms with E-state index in [-0.39, 0.29) is 39.1 Å². The zero-order chi connectivity index (χ0) is 8.62. The minimum Gasteiger partial charge on any atom is -1.00 e. The molecule has 0 aromatic heterocycles. The molecule has 0 atom stereocenters. The third-order valence-corrected chi connectivity index (χ3v) is 0.533. The van der Waals surface area contributed by atoms with Gasteiger partial charge in [0.15, 0.2) is 0 Å². The molecule has 0 aliphatic rings. The summed E-state index contributed by atoms with van der Waals surface area (Å²) in [6.45, 7) is 3.99. The molecule has 0 amide bonds. The zero-order valence-corrected chi connectivity index (χ0v) is 7.91. The summed E-state index contributed by atoms with van der Waals surface area (Å²) >= 11 is 0. The van der Waals surface area contributed by atoms with Crippen LogP contribution in [0.3, 0.4) is 0 Å². The molecule has 0 saturated carbocycles. The van der Waals surface area contributed by atoms with Gasteiger partial charge >= 0.3 is 43.9 Å². The van der Waals surface area contributed by atoms with E-state index in [1.807, 2.05) is 0 Å². The van der Waals surface area contributed by atoms with Gasteiger partial charge in [-0.2, -0.15) is 19.6 Å². The van der Waals surface area contributed by atoms with E-state index < -0.39 is 12.8 Å². The molecule has 0 aliphatic carbocycles. The molecule has 0 radical (unpaired) electrons. The van der Waals surface area contributed by atoms with E-state index in [1.165, 1.54) is 6.42 Å². The SMILES string of the molecule is OCC(F)(F)F.[CH2-]CCC.[H-].[Li+].[Li+]. The first-order valence-electron chi connectivity index (χ1n) is 2.94. The normalized spacial score (nSPS) is 8.50. The third kappa shape index (κ3) is 44.3. The van der Waals surface area contributed by atoms with E-state index in [1.54, 1.807) is 0 Å². The monoisotopic (exact) mass is 172 g/mol. The van der Waals surface area contributed by atoms with Crippen LogP contribution in [0.15, 0.2) is 0 Å². The topological polar surface area (TPSA) is 20.2 Å². The molecule has 0 fully saturated rings. The molecule has 0 aromatic carbocycles. The van der Waals surface area contributed by atoms with Crippen molar-refractivity contribution in [2.24, 2.45) is 0 Å². The van der Waals surface area contributed by atoms with Crippen molar-refractivity contribution < 1.29 is 57.4 Å². The van der Waals surface area contributed by atoms with E-state index in [4.69, 9.17) is 5.11 Å². The summed E-state index contributed by atoms with van der Waals surface area (Å²) in [5.41, 5.74) is 0. The molecule has 0 aromatic rings. The Morgan fingerprint density at radius 2 is 1.50 bits per heavy atom. The van der Waals surface area contributed by atoms with E-state index in [0.717, 1.165) is 6.42 Å². The van der Waals surface area contributed by atoms with Gasteiger partial charge in [-0.1, -0.05) is 13.3 Å². The van der Waals surface area contributed by atoms with E-state index in [9.17, 15) is 13.2 Å². The average molecular weight is 172 g/mol. The van der Waals surface area contributed by atoms with Crippen LogP contribution in [0.25, 0.3) is 0 Å². The number of unbranched alkanes of at least 4 members (excludes halogenated alkanes) is 1. The van der Waals surface area contributed by atoms with Crippen LogP contribution in [0.2, 0.25) is 0 Å². The molecule has 1 N–H and O–H groups in total. The van der Waals surface area contributed by atoms with Gasteiger partial charge in [-0.05, 0) is 0 Å². The fourth-order valence-corrected chi connectivity index (χ4v) is 0. The first kappa shape index (κ1) is 23.1. The second-order valence-corrected chi connectivity index (χ2v) is 1.63. The molecule has 66 valence electrons. The Morgan fingerprint density at radius 3 is 1.50 bits per heavy atom.